The fourth-order valence-electron chi connectivity index (χ4n) is 3.92. The van der Waals surface area contributed by atoms with Gasteiger partial charge in [-0.2, -0.15) is 0 Å². The normalized spacial score (nSPS) is 20.3. The van der Waals surface area contributed by atoms with Gasteiger partial charge in [-0.05, 0) is 47.9 Å². The van der Waals surface area contributed by atoms with Gasteiger partial charge in [0.15, 0.2) is 6.54 Å². The molecule has 0 aromatic heterocycles. The quantitative estimate of drug-likeness (QED) is 0.696. The Kier molecular flexibility index (Phi) is 7.04. The molecule has 150 valence electrons. The second-order valence-electron chi connectivity index (χ2n) is 9.04. The van der Waals surface area contributed by atoms with E-state index in [-0.39, 0.29) is 23.1 Å². The number of carbonyl (C=O) groups is 2. The van der Waals surface area contributed by atoms with Crippen LogP contribution in [0.3, 0.4) is 0 Å². The molecule has 1 aromatic rings. The van der Waals surface area contributed by atoms with Gasteiger partial charge in [0.05, 0.1) is 13.1 Å². The van der Waals surface area contributed by atoms with Gasteiger partial charge in [0, 0.05) is 25.3 Å². The number of primary amides is 1. The number of likely N-dealkylation sites (tertiary alicyclic amines) is 1. The Labute approximate surface area is 163 Å². The summed E-state index contributed by atoms with van der Waals surface area (Å²) in [5.41, 5.74) is 10.8. The molecule has 0 bridgehead atoms. The first-order valence-corrected chi connectivity index (χ1v) is 10.1. The standard InChI is InChI=1S/C22H35N3O2/c1-15-12-18(22(3,4)5)13-16(2)19(15)6-9-24-20(26)14-25-10-7-17(8-11-25)21(23)27/h12-13,17H,6-11,14H2,1-5H3,(H2,23,27)(H,24,26)/p+1. The molecule has 0 spiro atoms. The van der Waals surface area contributed by atoms with Crippen molar-refractivity contribution in [2.24, 2.45) is 11.7 Å². The molecule has 2 rings (SSSR count). The maximum atomic E-state index is 12.2. The van der Waals surface area contributed by atoms with Gasteiger partial charge in [0.1, 0.15) is 0 Å². The molecule has 1 aliphatic heterocycles. The van der Waals surface area contributed by atoms with E-state index in [2.05, 4.69) is 52.1 Å². The maximum absolute atomic E-state index is 12.2. The first-order chi connectivity index (χ1) is 12.6. The maximum Gasteiger partial charge on any atom is 0.275 e. The number of benzene rings is 1. The molecular formula is C22H36N3O2+. The number of nitrogens with two attached hydrogens (primary N) is 1. The van der Waals surface area contributed by atoms with Crippen molar-refractivity contribution in [3.05, 3.63) is 34.4 Å². The first kappa shape index (κ1) is 21.4. The zero-order valence-corrected chi connectivity index (χ0v) is 17.6. The molecule has 1 aromatic carbocycles. The summed E-state index contributed by atoms with van der Waals surface area (Å²) in [5, 5.41) is 3.06. The molecule has 4 N–H and O–H groups in total. The summed E-state index contributed by atoms with van der Waals surface area (Å²) < 4.78 is 0. The zero-order valence-electron chi connectivity index (χ0n) is 17.6. The van der Waals surface area contributed by atoms with Crippen LogP contribution in [-0.4, -0.2) is 38.0 Å². The van der Waals surface area contributed by atoms with Gasteiger partial charge in [-0.25, -0.2) is 0 Å². The number of hydrogen-bond acceptors (Lipinski definition) is 2. The van der Waals surface area contributed by atoms with E-state index in [1.807, 2.05) is 0 Å². The third kappa shape index (κ3) is 6.06. The fraction of sp³-hybridized carbons (Fsp3) is 0.636. The average Bonchev–Trinajstić information content (AvgIpc) is 2.56. The van der Waals surface area contributed by atoms with Gasteiger partial charge in [-0.3, -0.25) is 9.59 Å². The summed E-state index contributed by atoms with van der Waals surface area (Å²) in [4.78, 5) is 24.7. The Bertz CT molecular complexity index is 660. The van der Waals surface area contributed by atoms with Crippen LogP contribution in [0.25, 0.3) is 0 Å². The average molecular weight is 375 g/mol. The Morgan fingerprint density at radius 1 is 1.15 bits per heavy atom. The molecule has 0 radical (unpaired) electrons. The number of aryl methyl sites for hydroxylation is 2. The molecule has 0 aliphatic carbocycles. The van der Waals surface area contributed by atoms with Crippen molar-refractivity contribution >= 4 is 11.8 Å². The predicted octanol–water partition coefficient (Wildman–Crippen LogP) is 1.04. The number of piperidine rings is 1. The second kappa shape index (κ2) is 8.87. The molecule has 0 unspecified atom stereocenters. The molecular weight excluding hydrogens is 338 g/mol. The number of quaternary nitrogens is 1. The third-order valence-corrected chi connectivity index (χ3v) is 5.76. The Morgan fingerprint density at radius 3 is 2.19 bits per heavy atom. The summed E-state index contributed by atoms with van der Waals surface area (Å²) in [6.45, 7) is 13.8. The minimum absolute atomic E-state index is 0.0150. The van der Waals surface area contributed by atoms with Crippen LogP contribution in [0, 0.1) is 19.8 Å². The molecule has 0 atom stereocenters. The van der Waals surface area contributed by atoms with Crippen molar-refractivity contribution in [3.63, 3.8) is 0 Å². The summed E-state index contributed by atoms with van der Waals surface area (Å²) in [6, 6.07) is 4.55. The van der Waals surface area contributed by atoms with Crippen LogP contribution in [0.15, 0.2) is 12.1 Å². The summed E-state index contributed by atoms with van der Waals surface area (Å²) in [6.07, 6.45) is 2.43. The molecule has 5 nitrogen and oxygen atoms in total. The zero-order chi connectivity index (χ0) is 20.2. The molecule has 27 heavy (non-hydrogen) atoms. The minimum atomic E-state index is -0.207. The number of hydrogen-bond donors (Lipinski definition) is 3. The van der Waals surface area contributed by atoms with Crippen LogP contribution >= 0.6 is 0 Å². The van der Waals surface area contributed by atoms with Gasteiger partial charge in [-0.15, -0.1) is 0 Å². The summed E-state index contributed by atoms with van der Waals surface area (Å²) in [7, 11) is 0. The van der Waals surface area contributed by atoms with Gasteiger partial charge >= 0.3 is 0 Å². The highest BCUT2D eigenvalue weighted by Crippen LogP contribution is 2.27. The highest BCUT2D eigenvalue weighted by atomic mass is 16.2. The van der Waals surface area contributed by atoms with E-state index in [4.69, 9.17) is 5.73 Å². The topological polar surface area (TPSA) is 76.6 Å². The van der Waals surface area contributed by atoms with Crippen molar-refractivity contribution in [1.29, 1.82) is 0 Å². The van der Waals surface area contributed by atoms with E-state index < -0.39 is 0 Å². The molecule has 1 heterocycles. The van der Waals surface area contributed by atoms with Crippen LogP contribution in [0.1, 0.15) is 55.9 Å². The molecule has 5 heteroatoms. The Hall–Kier alpha value is -1.88. The van der Waals surface area contributed by atoms with Crippen LogP contribution < -0.4 is 16.0 Å². The third-order valence-electron chi connectivity index (χ3n) is 5.76. The summed E-state index contributed by atoms with van der Waals surface area (Å²) in [5.74, 6) is -0.135. The van der Waals surface area contributed by atoms with Gasteiger partial charge in [0.2, 0.25) is 5.91 Å². The van der Waals surface area contributed by atoms with Crippen LogP contribution in [-0.2, 0) is 21.4 Å². The number of rotatable bonds is 6. The number of carbonyl (C=O) groups excluding carboxylic acids is 2. The molecule has 0 saturated carbocycles. The fourth-order valence-corrected chi connectivity index (χ4v) is 3.92. The van der Waals surface area contributed by atoms with Gasteiger partial charge < -0.3 is 16.0 Å². The second-order valence-corrected chi connectivity index (χ2v) is 9.04. The minimum Gasteiger partial charge on any atom is -0.369 e. The van der Waals surface area contributed by atoms with Crippen molar-refractivity contribution < 1.29 is 14.5 Å². The van der Waals surface area contributed by atoms with E-state index in [1.165, 1.54) is 27.2 Å². The Morgan fingerprint density at radius 2 is 1.70 bits per heavy atom. The molecule has 1 aliphatic rings. The highest BCUT2D eigenvalue weighted by molar-refractivity contribution is 5.77. The van der Waals surface area contributed by atoms with E-state index in [0.29, 0.717) is 13.1 Å². The van der Waals surface area contributed by atoms with Crippen molar-refractivity contribution in [2.75, 3.05) is 26.2 Å². The number of nitrogens with one attached hydrogen (secondary N) is 2. The van der Waals surface area contributed by atoms with E-state index in [9.17, 15) is 9.59 Å². The van der Waals surface area contributed by atoms with Crippen LogP contribution in [0.2, 0.25) is 0 Å². The summed E-state index contributed by atoms with van der Waals surface area (Å²) >= 11 is 0. The highest BCUT2D eigenvalue weighted by Gasteiger charge is 2.26. The first-order valence-electron chi connectivity index (χ1n) is 10.1. The monoisotopic (exact) mass is 374 g/mol. The van der Waals surface area contributed by atoms with Crippen LogP contribution in [0.5, 0.6) is 0 Å². The van der Waals surface area contributed by atoms with Crippen molar-refractivity contribution in [3.8, 4) is 0 Å². The number of amides is 2. The van der Waals surface area contributed by atoms with Gasteiger partial charge in [-0.1, -0.05) is 32.9 Å². The molecule has 2 amide bonds. The van der Waals surface area contributed by atoms with Crippen LogP contribution in [0.4, 0.5) is 0 Å². The lowest BCUT2D eigenvalue weighted by Gasteiger charge is -2.27. The lowest BCUT2D eigenvalue weighted by Crippen LogP contribution is -3.14. The van der Waals surface area contributed by atoms with E-state index in [1.54, 1.807) is 0 Å². The van der Waals surface area contributed by atoms with Crippen molar-refractivity contribution in [2.45, 2.75) is 59.3 Å². The molecule has 1 fully saturated rings. The predicted molar refractivity (Wildman–Crippen MR) is 109 cm³/mol. The van der Waals surface area contributed by atoms with Crippen molar-refractivity contribution in [1.82, 2.24) is 5.32 Å². The SMILES string of the molecule is Cc1cc(C(C)(C)C)cc(C)c1CCNC(=O)C[NH+]1CCC(C(N)=O)CC1. The Balaban J connectivity index is 1.81. The largest absolute Gasteiger partial charge is 0.369 e. The van der Waals surface area contributed by atoms with Gasteiger partial charge in [0.25, 0.3) is 5.91 Å². The lowest BCUT2D eigenvalue weighted by molar-refractivity contribution is -0.897. The smallest absolute Gasteiger partial charge is 0.275 e. The van der Waals surface area contributed by atoms with E-state index in [0.717, 1.165) is 32.4 Å². The lowest BCUT2D eigenvalue weighted by atomic mass is 9.83. The molecule has 1 saturated heterocycles. The van der Waals surface area contributed by atoms with E-state index >= 15 is 0 Å².